The molecule has 0 aliphatic carbocycles. The van der Waals surface area contributed by atoms with Crippen LogP contribution in [0.4, 0.5) is 0 Å². The lowest BCUT2D eigenvalue weighted by Gasteiger charge is -2.08. The number of rotatable bonds is 1. The third-order valence-electron chi connectivity index (χ3n) is 1.50. The van der Waals surface area contributed by atoms with Gasteiger partial charge in [0.25, 0.3) is 0 Å². The van der Waals surface area contributed by atoms with Crippen LogP contribution >= 0.6 is 0 Å². The minimum absolute atomic E-state index is 0.296. The molecule has 1 aromatic heterocycles. The summed E-state index contributed by atoms with van der Waals surface area (Å²) in [6.07, 6.45) is 0. The van der Waals surface area contributed by atoms with Gasteiger partial charge in [-0.2, -0.15) is 4.98 Å². The highest BCUT2D eigenvalue weighted by atomic mass is 16.2. The molecule has 70 valence electrons. The molecule has 1 heterocycles. The Hall–Kier alpha value is -1.65. The second-order valence-corrected chi connectivity index (χ2v) is 2.82. The zero-order chi connectivity index (χ0) is 10.0. The highest BCUT2D eigenvalue weighted by Crippen LogP contribution is 1.93. The van der Waals surface area contributed by atoms with Crippen molar-refractivity contribution in [3.05, 3.63) is 27.9 Å². The van der Waals surface area contributed by atoms with Crippen LogP contribution in [0.15, 0.2) is 10.9 Å². The zero-order valence-corrected chi connectivity index (χ0v) is 7.79. The second kappa shape index (κ2) is 3.38. The summed E-state index contributed by atoms with van der Waals surface area (Å²) in [5.41, 5.74) is 3.21. The Morgan fingerprint density at radius 1 is 1.54 bits per heavy atom. The molecule has 0 aliphatic heterocycles. The lowest BCUT2D eigenvalue weighted by atomic mass is 10.4. The molecule has 0 spiro atoms. The number of hydrogen-bond acceptors (Lipinski definition) is 3. The molecule has 1 amide bonds. The maximum Gasteiger partial charge on any atom is 0.366 e. The van der Waals surface area contributed by atoms with Crippen LogP contribution in [-0.4, -0.2) is 15.6 Å². The largest absolute Gasteiger partial charge is 0.366 e. The number of carbonyl (C=O) groups is 1. The second-order valence-electron chi connectivity index (χ2n) is 2.82. The molecule has 5 heteroatoms. The smallest absolute Gasteiger partial charge is 0.274 e. The number of nitrogens with zero attached hydrogens (tertiary/aromatic N) is 2. The SMILES string of the molecule is CC(=O)Nn1c(C)cc(C)nc1=O. The first-order valence-electron chi connectivity index (χ1n) is 3.85. The average molecular weight is 181 g/mol. The molecule has 0 bridgehead atoms. The van der Waals surface area contributed by atoms with Gasteiger partial charge >= 0.3 is 5.69 Å². The third kappa shape index (κ3) is 2.14. The molecule has 0 atom stereocenters. The summed E-state index contributed by atoms with van der Waals surface area (Å²) in [4.78, 5) is 25.6. The van der Waals surface area contributed by atoms with Gasteiger partial charge in [0, 0.05) is 18.3 Å². The normalized spacial score (nSPS) is 9.77. The van der Waals surface area contributed by atoms with Gasteiger partial charge < -0.3 is 0 Å². The van der Waals surface area contributed by atoms with Crippen molar-refractivity contribution in [1.29, 1.82) is 0 Å². The van der Waals surface area contributed by atoms with E-state index in [4.69, 9.17) is 0 Å². The molecule has 1 aromatic rings. The Morgan fingerprint density at radius 3 is 2.62 bits per heavy atom. The van der Waals surface area contributed by atoms with Crippen molar-refractivity contribution >= 4 is 5.91 Å². The van der Waals surface area contributed by atoms with Gasteiger partial charge in [0.15, 0.2) is 0 Å². The summed E-state index contributed by atoms with van der Waals surface area (Å²) in [5, 5.41) is 0. The van der Waals surface area contributed by atoms with E-state index in [1.165, 1.54) is 6.92 Å². The fourth-order valence-corrected chi connectivity index (χ4v) is 1.04. The van der Waals surface area contributed by atoms with Crippen LogP contribution in [0.5, 0.6) is 0 Å². The fraction of sp³-hybridized carbons (Fsp3) is 0.375. The van der Waals surface area contributed by atoms with E-state index in [0.29, 0.717) is 11.4 Å². The maximum atomic E-state index is 11.2. The van der Waals surface area contributed by atoms with Crippen LogP contribution in [-0.2, 0) is 4.79 Å². The Morgan fingerprint density at radius 2 is 2.15 bits per heavy atom. The molecule has 1 N–H and O–H groups in total. The van der Waals surface area contributed by atoms with Crippen molar-refractivity contribution in [3.8, 4) is 0 Å². The molecule has 0 fully saturated rings. The molecule has 0 saturated carbocycles. The fourth-order valence-electron chi connectivity index (χ4n) is 1.04. The van der Waals surface area contributed by atoms with Crippen molar-refractivity contribution in [2.75, 3.05) is 5.43 Å². The minimum atomic E-state index is -0.465. The first kappa shape index (κ1) is 9.44. The molecule has 0 aliphatic rings. The Balaban J connectivity index is 3.21. The zero-order valence-electron chi connectivity index (χ0n) is 7.79. The van der Waals surface area contributed by atoms with E-state index >= 15 is 0 Å². The van der Waals surface area contributed by atoms with Crippen molar-refractivity contribution in [1.82, 2.24) is 9.66 Å². The third-order valence-corrected chi connectivity index (χ3v) is 1.50. The maximum absolute atomic E-state index is 11.2. The lowest BCUT2D eigenvalue weighted by molar-refractivity contribution is -0.115. The number of hydrogen-bond donors (Lipinski definition) is 1. The number of aryl methyl sites for hydroxylation is 2. The van der Waals surface area contributed by atoms with E-state index < -0.39 is 5.69 Å². The highest BCUT2D eigenvalue weighted by Gasteiger charge is 2.02. The Labute approximate surface area is 75.4 Å². The predicted molar refractivity (Wildman–Crippen MR) is 48.0 cm³/mol. The van der Waals surface area contributed by atoms with E-state index in [2.05, 4.69) is 10.4 Å². The number of amides is 1. The van der Waals surface area contributed by atoms with Crippen molar-refractivity contribution in [2.45, 2.75) is 20.8 Å². The summed E-state index contributed by atoms with van der Waals surface area (Å²) in [5.74, 6) is -0.296. The average Bonchev–Trinajstić information content (AvgIpc) is 1.96. The Kier molecular flexibility index (Phi) is 2.46. The lowest BCUT2D eigenvalue weighted by Crippen LogP contribution is -2.35. The summed E-state index contributed by atoms with van der Waals surface area (Å²) < 4.78 is 1.12. The first-order valence-corrected chi connectivity index (χ1v) is 3.85. The molecule has 5 nitrogen and oxygen atoms in total. The number of nitrogens with one attached hydrogen (secondary N) is 1. The first-order chi connectivity index (χ1) is 6.00. The Bertz CT molecular complexity index is 395. The van der Waals surface area contributed by atoms with Gasteiger partial charge in [-0.3, -0.25) is 10.2 Å². The van der Waals surface area contributed by atoms with Gasteiger partial charge in [-0.15, -0.1) is 0 Å². The number of carbonyl (C=O) groups excluding carboxylic acids is 1. The number of aromatic nitrogens is 2. The molecule has 0 saturated heterocycles. The van der Waals surface area contributed by atoms with Crippen LogP contribution in [0.25, 0.3) is 0 Å². The summed E-state index contributed by atoms with van der Waals surface area (Å²) in [6.45, 7) is 4.80. The summed E-state index contributed by atoms with van der Waals surface area (Å²) in [7, 11) is 0. The van der Waals surface area contributed by atoms with Crippen LogP contribution in [0.2, 0.25) is 0 Å². The van der Waals surface area contributed by atoms with Crippen LogP contribution in [0, 0.1) is 13.8 Å². The van der Waals surface area contributed by atoms with Crippen molar-refractivity contribution in [3.63, 3.8) is 0 Å². The molecule has 1 rings (SSSR count). The van der Waals surface area contributed by atoms with Crippen LogP contribution in [0.1, 0.15) is 18.3 Å². The topological polar surface area (TPSA) is 64.0 Å². The van der Waals surface area contributed by atoms with E-state index in [9.17, 15) is 9.59 Å². The van der Waals surface area contributed by atoms with Crippen LogP contribution in [0.3, 0.4) is 0 Å². The molecule has 0 aromatic carbocycles. The van der Waals surface area contributed by atoms with Crippen LogP contribution < -0.4 is 11.1 Å². The molecule has 0 radical (unpaired) electrons. The monoisotopic (exact) mass is 181 g/mol. The molecular weight excluding hydrogens is 170 g/mol. The summed E-state index contributed by atoms with van der Waals surface area (Å²) >= 11 is 0. The van der Waals surface area contributed by atoms with Gasteiger partial charge in [-0.25, -0.2) is 9.47 Å². The van der Waals surface area contributed by atoms with Crippen molar-refractivity contribution < 1.29 is 4.79 Å². The highest BCUT2D eigenvalue weighted by molar-refractivity contribution is 5.80. The molecular formula is C8H11N3O2. The molecule has 13 heavy (non-hydrogen) atoms. The van der Waals surface area contributed by atoms with Gasteiger partial charge in [-0.1, -0.05) is 0 Å². The van der Waals surface area contributed by atoms with E-state index in [0.717, 1.165) is 4.68 Å². The van der Waals surface area contributed by atoms with E-state index in [-0.39, 0.29) is 5.91 Å². The standard InChI is InChI=1S/C8H11N3O2/c1-5-4-6(2)11(8(13)9-5)10-7(3)12/h4H,1-3H3,(H,10,12). The molecule has 0 unspecified atom stereocenters. The van der Waals surface area contributed by atoms with E-state index in [1.54, 1.807) is 19.9 Å². The van der Waals surface area contributed by atoms with Gasteiger partial charge in [0.2, 0.25) is 5.91 Å². The van der Waals surface area contributed by atoms with Gasteiger partial charge in [-0.05, 0) is 19.9 Å². The predicted octanol–water partition coefficient (Wildman–Crippen LogP) is -0.0499. The van der Waals surface area contributed by atoms with Crippen molar-refractivity contribution in [2.24, 2.45) is 0 Å². The van der Waals surface area contributed by atoms with Gasteiger partial charge in [0.05, 0.1) is 0 Å². The summed E-state index contributed by atoms with van der Waals surface area (Å²) in [6, 6.07) is 1.72. The minimum Gasteiger partial charge on any atom is -0.274 e. The van der Waals surface area contributed by atoms with E-state index in [1.807, 2.05) is 0 Å². The quantitative estimate of drug-likeness (QED) is 0.660. The van der Waals surface area contributed by atoms with Gasteiger partial charge in [0.1, 0.15) is 0 Å².